The van der Waals surface area contributed by atoms with Gasteiger partial charge in [-0.1, -0.05) is 0 Å². The second kappa shape index (κ2) is 5.13. The topological polar surface area (TPSA) is 82.3 Å². The predicted molar refractivity (Wildman–Crippen MR) is 54.9 cm³/mol. The summed E-state index contributed by atoms with van der Waals surface area (Å²) in [6.45, 7) is 0. The number of hydrogen-bond donors (Lipinski definition) is 0. The van der Waals surface area contributed by atoms with Crippen molar-refractivity contribution in [2.24, 2.45) is 0 Å². The number of esters is 1. The van der Waals surface area contributed by atoms with E-state index in [2.05, 4.69) is 25.7 Å². The van der Waals surface area contributed by atoms with Gasteiger partial charge in [0, 0.05) is 6.07 Å². The summed E-state index contributed by atoms with van der Waals surface area (Å²) < 4.78 is 28.7. The van der Waals surface area contributed by atoms with Crippen LogP contribution in [0.2, 0.25) is 0 Å². The van der Waals surface area contributed by atoms with Gasteiger partial charge in [-0.05, 0) is 15.9 Å². The maximum absolute atomic E-state index is 12.4. The molecule has 0 N–H and O–H groups in total. The SMILES string of the molecule is COC(=O)c1c([N+](=O)[O-])cc(C(F)F)nc1Br. The third-order valence-corrected chi connectivity index (χ3v) is 2.36. The van der Waals surface area contributed by atoms with Crippen molar-refractivity contribution in [1.29, 1.82) is 0 Å². The van der Waals surface area contributed by atoms with Gasteiger partial charge in [0.25, 0.3) is 12.1 Å². The Morgan fingerprint density at radius 2 is 2.24 bits per heavy atom. The van der Waals surface area contributed by atoms with Crippen molar-refractivity contribution in [3.05, 3.63) is 32.0 Å². The number of carbonyl (C=O) groups is 1. The molecule has 92 valence electrons. The average molecular weight is 311 g/mol. The predicted octanol–water partition coefficient (Wildman–Crippen LogP) is 2.48. The molecule has 0 radical (unpaired) electrons. The summed E-state index contributed by atoms with van der Waals surface area (Å²) in [6.07, 6.45) is -2.98. The summed E-state index contributed by atoms with van der Waals surface area (Å²) in [5.41, 5.74) is -2.08. The third-order valence-electron chi connectivity index (χ3n) is 1.78. The molecule has 0 aliphatic heterocycles. The van der Waals surface area contributed by atoms with Gasteiger partial charge in [-0.15, -0.1) is 0 Å². The molecular weight excluding hydrogens is 306 g/mol. The normalized spacial score (nSPS) is 10.4. The van der Waals surface area contributed by atoms with Crippen LogP contribution in [0.4, 0.5) is 14.5 Å². The summed E-state index contributed by atoms with van der Waals surface area (Å²) in [6, 6.07) is 0.543. The molecule has 0 aromatic carbocycles. The van der Waals surface area contributed by atoms with Gasteiger partial charge in [0.2, 0.25) is 0 Å². The zero-order valence-corrected chi connectivity index (χ0v) is 9.90. The number of halogens is 3. The van der Waals surface area contributed by atoms with Crippen molar-refractivity contribution in [2.45, 2.75) is 6.43 Å². The van der Waals surface area contributed by atoms with Gasteiger partial charge in [-0.2, -0.15) is 0 Å². The molecule has 0 unspecified atom stereocenters. The van der Waals surface area contributed by atoms with E-state index in [4.69, 9.17) is 0 Å². The van der Waals surface area contributed by atoms with E-state index >= 15 is 0 Å². The Hall–Kier alpha value is -1.64. The van der Waals surface area contributed by atoms with Gasteiger partial charge in [-0.3, -0.25) is 10.1 Å². The number of pyridine rings is 1. The molecule has 0 saturated heterocycles. The van der Waals surface area contributed by atoms with E-state index in [9.17, 15) is 23.7 Å². The molecule has 0 bridgehead atoms. The van der Waals surface area contributed by atoms with E-state index in [1.165, 1.54) is 0 Å². The molecule has 0 saturated carbocycles. The van der Waals surface area contributed by atoms with E-state index in [1.807, 2.05) is 0 Å². The van der Waals surface area contributed by atoms with E-state index in [0.717, 1.165) is 7.11 Å². The molecule has 1 aromatic heterocycles. The van der Waals surface area contributed by atoms with E-state index in [-0.39, 0.29) is 4.60 Å². The maximum Gasteiger partial charge on any atom is 0.347 e. The van der Waals surface area contributed by atoms with Crippen LogP contribution in [0.25, 0.3) is 0 Å². The highest BCUT2D eigenvalue weighted by atomic mass is 79.9. The Kier molecular flexibility index (Phi) is 4.05. The fraction of sp³-hybridized carbons (Fsp3) is 0.250. The van der Waals surface area contributed by atoms with Crippen LogP contribution in [0, 0.1) is 10.1 Å². The monoisotopic (exact) mass is 310 g/mol. The summed E-state index contributed by atoms with van der Waals surface area (Å²) in [5, 5.41) is 10.7. The van der Waals surface area contributed by atoms with Crippen LogP contribution >= 0.6 is 15.9 Å². The van der Waals surface area contributed by atoms with Crippen molar-refractivity contribution >= 4 is 27.6 Å². The molecule has 1 aromatic rings. The molecule has 0 atom stereocenters. The lowest BCUT2D eigenvalue weighted by atomic mass is 10.2. The van der Waals surface area contributed by atoms with Gasteiger partial charge >= 0.3 is 5.97 Å². The lowest BCUT2D eigenvalue weighted by Crippen LogP contribution is -2.09. The van der Waals surface area contributed by atoms with Gasteiger partial charge in [0.1, 0.15) is 10.3 Å². The zero-order valence-electron chi connectivity index (χ0n) is 8.32. The fourth-order valence-electron chi connectivity index (χ4n) is 1.07. The van der Waals surface area contributed by atoms with Gasteiger partial charge in [0.15, 0.2) is 5.56 Å². The smallest absolute Gasteiger partial charge is 0.347 e. The van der Waals surface area contributed by atoms with Crippen LogP contribution in [0.1, 0.15) is 22.5 Å². The van der Waals surface area contributed by atoms with Crippen molar-refractivity contribution < 1.29 is 23.2 Å². The van der Waals surface area contributed by atoms with E-state index < -0.39 is 34.3 Å². The number of alkyl halides is 2. The highest BCUT2D eigenvalue weighted by Crippen LogP contribution is 2.30. The van der Waals surface area contributed by atoms with Gasteiger partial charge in [-0.25, -0.2) is 18.6 Å². The number of ether oxygens (including phenoxy) is 1. The van der Waals surface area contributed by atoms with Crippen molar-refractivity contribution in [3.8, 4) is 0 Å². The second-order valence-corrected chi connectivity index (χ2v) is 3.53. The van der Waals surface area contributed by atoms with Crippen LogP contribution in [0.15, 0.2) is 10.7 Å². The van der Waals surface area contributed by atoms with Crippen LogP contribution in [0.5, 0.6) is 0 Å². The van der Waals surface area contributed by atoms with Gasteiger partial charge in [0.05, 0.1) is 12.0 Å². The number of methoxy groups -OCH3 is 1. The highest BCUT2D eigenvalue weighted by molar-refractivity contribution is 9.10. The molecule has 0 spiro atoms. The first-order valence-corrected chi connectivity index (χ1v) is 4.89. The van der Waals surface area contributed by atoms with Crippen LogP contribution in [-0.4, -0.2) is 23.0 Å². The molecule has 0 aliphatic rings. The maximum atomic E-state index is 12.4. The number of nitrogens with zero attached hydrogens (tertiary/aromatic N) is 2. The Morgan fingerprint density at radius 3 is 2.65 bits per heavy atom. The fourth-order valence-corrected chi connectivity index (χ4v) is 1.64. The molecule has 0 amide bonds. The standard InChI is InChI=1S/C8H5BrF2N2O4/c1-17-8(14)5-4(13(15)16)2-3(7(10)11)12-6(5)9/h2,7H,1H3. The Bertz CT molecular complexity index is 481. The number of carbonyl (C=O) groups excluding carboxylic acids is 1. The zero-order chi connectivity index (χ0) is 13.2. The quantitative estimate of drug-likeness (QED) is 0.371. The Labute approximate surface area is 102 Å². The van der Waals surface area contributed by atoms with Crippen molar-refractivity contribution in [1.82, 2.24) is 4.98 Å². The first-order valence-electron chi connectivity index (χ1n) is 4.09. The average Bonchev–Trinajstić information content (AvgIpc) is 2.26. The number of hydrogen-bond acceptors (Lipinski definition) is 5. The summed E-state index contributed by atoms with van der Waals surface area (Å²) in [7, 11) is 1.01. The molecular formula is C8H5BrF2N2O4. The van der Waals surface area contributed by atoms with E-state index in [0.29, 0.717) is 6.07 Å². The summed E-state index contributed by atoms with van der Waals surface area (Å²) >= 11 is 2.73. The number of rotatable bonds is 3. The van der Waals surface area contributed by atoms with Crippen molar-refractivity contribution in [3.63, 3.8) is 0 Å². The Morgan fingerprint density at radius 1 is 1.65 bits per heavy atom. The summed E-state index contributed by atoms with van der Waals surface area (Å²) in [5.74, 6) is -1.03. The minimum absolute atomic E-state index is 0.353. The third kappa shape index (κ3) is 2.73. The first kappa shape index (κ1) is 13.4. The summed E-state index contributed by atoms with van der Waals surface area (Å²) in [4.78, 5) is 24.3. The molecule has 1 rings (SSSR count). The molecule has 0 fully saturated rings. The minimum atomic E-state index is -2.98. The van der Waals surface area contributed by atoms with Crippen LogP contribution < -0.4 is 0 Å². The molecule has 17 heavy (non-hydrogen) atoms. The lowest BCUT2D eigenvalue weighted by molar-refractivity contribution is -0.385. The highest BCUT2D eigenvalue weighted by Gasteiger charge is 2.28. The van der Waals surface area contributed by atoms with Gasteiger partial charge < -0.3 is 4.74 Å². The van der Waals surface area contributed by atoms with Crippen LogP contribution in [-0.2, 0) is 4.74 Å². The molecule has 9 heteroatoms. The largest absolute Gasteiger partial charge is 0.465 e. The second-order valence-electron chi connectivity index (χ2n) is 2.78. The molecule has 0 aliphatic carbocycles. The lowest BCUT2D eigenvalue weighted by Gasteiger charge is -2.05. The van der Waals surface area contributed by atoms with Crippen LogP contribution in [0.3, 0.4) is 0 Å². The Balaban J connectivity index is 3.49. The molecule has 1 heterocycles. The van der Waals surface area contributed by atoms with Crippen molar-refractivity contribution in [2.75, 3.05) is 7.11 Å². The number of nitro groups is 1. The molecule has 6 nitrogen and oxygen atoms in total. The van der Waals surface area contributed by atoms with E-state index in [1.54, 1.807) is 0 Å². The first-order chi connectivity index (χ1) is 7.88. The number of aromatic nitrogens is 1. The minimum Gasteiger partial charge on any atom is -0.465 e.